The van der Waals surface area contributed by atoms with Crippen molar-refractivity contribution < 1.29 is 0 Å². The standard InChI is InChI=1S/C22H14N2OS/c25-21-18-13-19(15-8-2-1-3-9-15)26-22(18)24-20(23-21)17-12-6-10-14-7-4-5-11-16(14)17/h1-13H,(H,23,24,25). The summed E-state index contributed by atoms with van der Waals surface area (Å²) < 4.78 is 0. The highest BCUT2D eigenvalue weighted by Gasteiger charge is 2.12. The highest BCUT2D eigenvalue weighted by molar-refractivity contribution is 7.21. The van der Waals surface area contributed by atoms with E-state index >= 15 is 0 Å². The Labute approximate surface area is 153 Å². The molecule has 0 aliphatic heterocycles. The van der Waals surface area contributed by atoms with Crippen molar-refractivity contribution in [3.8, 4) is 21.8 Å². The van der Waals surface area contributed by atoms with E-state index in [0.717, 1.165) is 31.6 Å². The summed E-state index contributed by atoms with van der Waals surface area (Å²) >= 11 is 1.55. The van der Waals surface area contributed by atoms with Crippen LogP contribution >= 0.6 is 11.3 Å². The third-order valence-electron chi connectivity index (χ3n) is 4.51. The maximum atomic E-state index is 12.7. The molecule has 3 nitrogen and oxygen atoms in total. The van der Waals surface area contributed by atoms with Gasteiger partial charge in [-0.05, 0) is 22.4 Å². The van der Waals surface area contributed by atoms with Gasteiger partial charge >= 0.3 is 0 Å². The minimum atomic E-state index is -0.101. The van der Waals surface area contributed by atoms with Crippen molar-refractivity contribution >= 4 is 32.3 Å². The number of H-pyrrole nitrogens is 1. The van der Waals surface area contributed by atoms with E-state index < -0.39 is 0 Å². The lowest BCUT2D eigenvalue weighted by Gasteiger charge is -2.05. The normalized spacial score (nSPS) is 11.2. The monoisotopic (exact) mass is 354 g/mol. The van der Waals surface area contributed by atoms with Crippen LogP contribution in [0.4, 0.5) is 0 Å². The van der Waals surface area contributed by atoms with Gasteiger partial charge in [-0.2, -0.15) is 0 Å². The van der Waals surface area contributed by atoms with Crippen molar-refractivity contribution in [3.63, 3.8) is 0 Å². The van der Waals surface area contributed by atoms with Gasteiger partial charge in [0.05, 0.1) is 5.39 Å². The molecule has 124 valence electrons. The van der Waals surface area contributed by atoms with Crippen LogP contribution in [0.2, 0.25) is 0 Å². The molecular formula is C22H14N2OS. The Bertz CT molecular complexity index is 1300. The van der Waals surface area contributed by atoms with E-state index in [2.05, 4.69) is 23.2 Å². The van der Waals surface area contributed by atoms with Crippen LogP contribution in [0.3, 0.4) is 0 Å². The van der Waals surface area contributed by atoms with Crippen LogP contribution in [0.1, 0.15) is 0 Å². The summed E-state index contributed by atoms with van der Waals surface area (Å²) in [5.41, 5.74) is 1.94. The molecule has 0 fully saturated rings. The zero-order valence-corrected chi connectivity index (χ0v) is 14.6. The van der Waals surface area contributed by atoms with Gasteiger partial charge in [-0.15, -0.1) is 11.3 Å². The number of hydrogen-bond acceptors (Lipinski definition) is 3. The first-order chi connectivity index (χ1) is 12.8. The Morgan fingerprint density at radius 1 is 0.808 bits per heavy atom. The van der Waals surface area contributed by atoms with E-state index in [4.69, 9.17) is 4.98 Å². The zero-order chi connectivity index (χ0) is 17.5. The number of nitrogens with one attached hydrogen (secondary N) is 1. The lowest BCUT2D eigenvalue weighted by molar-refractivity contribution is 1.19. The van der Waals surface area contributed by atoms with E-state index in [1.54, 1.807) is 11.3 Å². The maximum absolute atomic E-state index is 12.7. The van der Waals surface area contributed by atoms with Crippen molar-refractivity contribution in [1.82, 2.24) is 9.97 Å². The van der Waals surface area contributed by atoms with Gasteiger partial charge in [0.1, 0.15) is 10.7 Å². The van der Waals surface area contributed by atoms with Crippen LogP contribution in [0.5, 0.6) is 0 Å². The highest BCUT2D eigenvalue weighted by Crippen LogP contribution is 2.32. The molecule has 2 aromatic heterocycles. The second kappa shape index (κ2) is 5.93. The Morgan fingerprint density at radius 3 is 2.46 bits per heavy atom. The minimum absolute atomic E-state index is 0.101. The summed E-state index contributed by atoms with van der Waals surface area (Å²) in [6, 6.07) is 26.2. The number of aromatic amines is 1. The molecule has 0 saturated carbocycles. The molecule has 0 radical (unpaired) electrons. The largest absolute Gasteiger partial charge is 0.306 e. The molecule has 0 amide bonds. The Kier molecular flexibility index (Phi) is 3.43. The number of hydrogen-bond donors (Lipinski definition) is 1. The quantitative estimate of drug-likeness (QED) is 0.457. The smallest absolute Gasteiger partial charge is 0.259 e. The number of fused-ring (bicyclic) bond motifs is 2. The summed E-state index contributed by atoms with van der Waals surface area (Å²) in [4.78, 5) is 22.2. The van der Waals surface area contributed by atoms with E-state index in [-0.39, 0.29) is 5.56 Å². The fourth-order valence-electron chi connectivity index (χ4n) is 3.24. The molecule has 4 heteroatoms. The summed E-state index contributed by atoms with van der Waals surface area (Å²) in [5, 5.41) is 2.85. The van der Waals surface area contributed by atoms with Crippen molar-refractivity contribution in [2.45, 2.75) is 0 Å². The number of nitrogens with zero attached hydrogens (tertiary/aromatic N) is 1. The highest BCUT2D eigenvalue weighted by atomic mass is 32.1. The van der Waals surface area contributed by atoms with Gasteiger partial charge in [0.2, 0.25) is 0 Å². The first kappa shape index (κ1) is 15.0. The average Bonchev–Trinajstić information content (AvgIpc) is 3.13. The third kappa shape index (κ3) is 2.43. The van der Waals surface area contributed by atoms with Crippen LogP contribution in [-0.4, -0.2) is 9.97 Å². The molecule has 0 saturated heterocycles. The second-order valence-electron chi connectivity index (χ2n) is 6.14. The van der Waals surface area contributed by atoms with Crippen molar-refractivity contribution in [2.75, 3.05) is 0 Å². The molecule has 26 heavy (non-hydrogen) atoms. The molecule has 1 N–H and O–H groups in total. The van der Waals surface area contributed by atoms with Crippen LogP contribution in [0.15, 0.2) is 83.7 Å². The van der Waals surface area contributed by atoms with Gasteiger partial charge < -0.3 is 4.98 Å². The van der Waals surface area contributed by atoms with E-state index in [1.807, 2.05) is 60.7 Å². The van der Waals surface area contributed by atoms with Gasteiger partial charge in [0.15, 0.2) is 0 Å². The SMILES string of the molecule is O=c1[nH]c(-c2cccc3ccccc23)nc2sc(-c3ccccc3)cc12. The molecule has 5 rings (SSSR count). The Morgan fingerprint density at radius 2 is 1.58 bits per heavy atom. The summed E-state index contributed by atoms with van der Waals surface area (Å²) in [6.07, 6.45) is 0. The Balaban J connectivity index is 1.74. The lowest BCUT2D eigenvalue weighted by atomic mass is 10.0. The summed E-state index contributed by atoms with van der Waals surface area (Å²) in [7, 11) is 0. The lowest BCUT2D eigenvalue weighted by Crippen LogP contribution is -2.08. The van der Waals surface area contributed by atoms with Crippen LogP contribution in [0, 0.1) is 0 Å². The van der Waals surface area contributed by atoms with E-state index in [9.17, 15) is 4.79 Å². The fourth-order valence-corrected chi connectivity index (χ4v) is 4.27. The van der Waals surface area contributed by atoms with E-state index in [0.29, 0.717) is 11.2 Å². The first-order valence-electron chi connectivity index (χ1n) is 8.37. The number of aromatic nitrogens is 2. The predicted molar refractivity (Wildman–Crippen MR) is 109 cm³/mol. The average molecular weight is 354 g/mol. The second-order valence-corrected chi connectivity index (χ2v) is 7.17. The number of thiophene rings is 1. The first-order valence-corrected chi connectivity index (χ1v) is 9.19. The number of rotatable bonds is 2. The molecule has 5 aromatic rings. The molecule has 0 bridgehead atoms. The zero-order valence-electron chi connectivity index (χ0n) is 13.8. The topological polar surface area (TPSA) is 45.8 Å². The summed E-state index contributed by atoms with van der Waals surface area (Å²) in [5.74, 6) is 0.612. The molecule has 0 unspecified atom stereocenters. The predicted octanol–water partition coefficient (Wildman–Crippen LogP) is 5.47. The van der Waals surface area contributed by atoms with Gasteiger partial charge in [-0.25, -0.2) is 4.98 Å². The summed E-state index contributed by atoms with van der Waals surface area (Å²) in [6.45, 7) is 0. The number of benzene rings is 3. The van der Waals surface area contributed by atoms with E-state index in [1.165, 1.54) is 0 Å². The van der Waals surface area contributed by atoms with Crippen LogP contribution in [-0.2, 0) is 0 Å². The maximum Gasteiger partial charge on any atom is 0.259 e. The van der Waals surface area contributed by atoms with Gasteiger partial charge in [0.25, 0.3) is 5.56 Å². The van der Waals surface area contributed by atoms with Crippen LogP contribution in [0.25, 0.3) is 42.8 Å². The molecule has 0 atom stereocenters. The third-order valence-corrected chi connectivity index (χ3v) is 5.58. The molecule has 2 heterocycles. The minimum Gasteiger partial charge on any atom is -0.306 e. The fraction of sp³-hybridized carbons (Fsp3) is 0. The van der Waals surface area contributed by atoms with Gasteiger partial charge in [-0.1, -0.05) is 72.8 Å². The van der Waals surface area contributed by atoms with Gasteiger partial charge in [-0.3, -0.25) is 4.79 Å². The Hall–Kier alpha value is -3.24. The van der Waals surface area contributed by atoms with Gasteiger partial charge in [0, 0.05) is 10.4 Å². The molecule has 0 aliphatic carbocycles. The van der Waals surface area contributed by atoms with Crippen molar-refractivity contribution in [3.05, 3.63) is 89.2 Å². The van der Waals surface area contributed by atoms with Crippen molar-refractivity contribution in [2.24, 2.45) is 0 Å². The van der Waals surface area contributed by atoms with Crippen molar-refractivity contribution in [1.29, 1.82) is 0 Å². The molecule has 0 spiro atoms. The van der Waals surface area contributed by atoms with Crippen LogP contribution < -0.4 is 5.56 Å². The molecule has 0 aliphatic rings. The molecule has 3 aromatic carbocycles. The molecular weight excluding hydrogens is 340 g/mol.